The molecule has 0 saturated carbocycles. The number of amidine groups is 1. The van der Waals surface area contributed by atoms with Gasteiger partial charge in [0.05, 0.1) is 18.4 Å². The van der Waals surface area contributed by atoms with Crippen LogP contribution in [0.1, 0.15) is 36.9 Å². The maximum Gasteiger partial charge on any atom is 0.262 e. The van der Waals surface area contributed by atoms with Crippen LogP contribution < -0.4 is 10.1 Å². The van der Waals surface area contributed by atoms with Gasteiger partial charge in [-0.3, -0.25) is 9.59 Å². The first-order chi connectivity index (χ1) is 18.0. The first-order valence-electron chi connectivity index (χ1n) is 12.0. The second-order valence-corrected chi connectivity index (χ2v) is 10.2. The lowest BCUT2D eigenvalue weighted by molar-refractivity contribution is -0.121. The number of halogens is 1. The van der Waals surface area contributed by atoms with Crippen molar-refractivity contribution < 1.29 is 14.3 Å². The lowest BCUT2D eigenvalue weighted by Crippen LogP contribution is -2.25. The number of carbonyl (C=O) groups excluding carboxylic acids is 2. The third kappa shape index (κ3) is 5.87. The number of carbonyl (C=O) groups is 2. The van der Waals surface area contributed by atoms with E-state index in [4.69, 9.17) is 21.4 Å². The van der Waals surface area contributed by atoms with E-state index in [-0.39, 0.29) is 24.3 Å². The van der Waals surface area contributed by atoms with Crippen LogP contribution in [0, 0.1) is 0 Å². The van der Waals surface area contributed by atoms with Crippen LogP contribution in [0.2, 0.25) is 5.02 Å². The van der Waals surface area contributed by atoms with Crippen molar-refractivity contribution in [3.05, 3.63) is 95.0 Å². The van der Waals surface area contributed by atoms with Gasteiger partial charge in [-0.15, -0.1) is 0 Å². The standard InChI is InChI=1S/C28H25ClN4O3S/c1-2-36-22-14-12-21(13-15-22)30-26(34)17-25-27(35)31-28(37-25)33-24(19-6-4-3-5-7-19)16-23(32-33)18-8-10-20(29)11-9-18/h3-15,24-25H,2,16-17H2,1H3,(H,30,34). The van der Waals surface area contributed by atoms with E-state index in [0.717, 1.165) is 22.6 Å². The predicted molar refractivity (Wildman–Crippen MR) is 148 cm³/mol. The molecule has 5 rings (SSSR count). The zero-order valence-corrected chi connectivity index (χ0v) is 21.7. The van der Waals surface area contributed by atoms with Gasteiger partial charge >= 0.3 is 0 Å². The number of anilines is 1. The molecule has 2 aliphatic rings. The molecule has 0 aliphatic carbocycles. The number of hydrogen-bond acceptors (Lipinski definition) is 6. The Labute approximate surface area is 224 Å². The summed E-state index contributed by atoms with van der Waals surface area (Å²) in [4.78, 5) is 29.8. The summed E-state index contributed by atoms with van der Waals surface area (Å²) >= 11 is 7.35. The number of amides is 2. The minimum absolute atomic E-state index is 0.0152. The van der Waals surface area contributed by atoms with E-state index in [9.17, 15) is 9.59 Å². The van der Waals surface area contributed by atoms with Crippen LogP contribution in [0.3, 0.4) is 0 Å². The molecule has 0 radical (unpaired) electrons. The molecule has 3 aromatic rings. The van der Waals surface area contributed by atoms with Crippen molar-refractivity contribution in [3.8, 4) is 5.75 Å². The molecule has 2 amide bonds. The van der Waals surface area contributed by atoms with Crippen molar-refractivity contribution in [2.24, 2.45) is 10.1 Å². The number of benzene rings is 3. The van der Waals surface area contributed by atoms with Gasteiger partial charge in [0.25, 0.3) is 5.91 Å². The highest BCUT2D eigenvalue weighted by Crippen LogP contribution is 2.38. The van der Waals surface area contributed by atoms with E-state index < -0.39 is 5.25 Å². The van der Waals surface area contributed by atoms with Gasteiger partial charge in [0.2, 0.25) is 5.91 Å². The summed E-state index contributed by atoms with van der Waals surface area (Å²) in [6.45, 7) is 2.48. The molecule has 0 aromatic heterocycles. The first-order valence-corrected chi connectivity index (χ1v) is 13.3. The molecule has 2 atom stereocenters. The molecule has 0 fully saturated rings. The van der Waals surface area contributed by atoms with Gasteiger partial charge in [-0.05, 0) is 54.4 Å². The van der Waals surface area contributed by atoms with E-state index in [0.29, 0.717) is 28.9 Å². The fraction of sp³-hybridized carbons (Fsp3) is 0.214. The Bertz CT molecular complexity index is 1340. The number of ether oxygens (including phenoxy) is 1. The lowest BCUT2D eigenvalue weighted by atomic mass is 9.99. The maximum absolute atomic E-state index is 12.8. The van der Waals surface area contributed by atoms with Crippen LogP contribution in [0.4, 0.5) is 5.69 Å². The number of hydrazone groups is 1. The number of hydrogen-bond donors (Lipinski definition) is 1. The molecular weight excluding hydrogens is 508 g/mol. The summed E-state index contributed by atoms with van der Waals surface area (Å²) < 4.78 is 5.43. The Balaban J connectivity index is 1.30. The number of aliphatic imine (C=N–C) groups is 1. The fourth-order valence-electron chi connectivity index (χ4n) is 4.22. The molecule has 3 aromatic carbocycles. The molecule has 7 nitrogen and oxygen atoms in total. The Kier molecular flexibility index (Phi) is 7.58. The fourth-order valence-corrected chi connectivity index (χ4v) is 5.41. The van der Waals surface area contributed by atoms with Crippen molar-refractivity contribution in [1.29, 1.82) is 0 Å². The minimum Gasteiger partial charge on any atom is -0.494 e. The Hall–Kier alpha value is -3.62. The zero-order chi connectivity index (χ0) is 25.8. The van der Waals surface area contributed by atoms with E-state index in [1.165, 1.54) is 11.8 Å². The molecule has 2 heterocycles. The molecule has 37 heavy (non-hydrogen) atoms. The number of nitrogens with zero attached hydrogens (tertiary/aromatic N) is 3. The largest absolute Gasteiger partial charge is 0.494 e. The summed E-state index contributed by atoms with van der Waals surface area (Å²) in [7, 11) is 0. The molecular formula is C28H25ClN4O3S. The molecule has 2 unspecified atom stereocenters. The molecule has 2 aliphatic heterocycles. The van der Waals surface area contributed by atoms with Crippen molar-refractivity contribution in [2.45, 2.75) is 31.1 Å². The van der Waals surface area contributed by atoms with Crippen molar-refractivity contribution in [3.63, 3.8) is 0 Å². The van der Waals surface area contributed by atoms with E-state index in [1.807, 2.05) is 66.5 Å². The van der Waals surface area contributed by atoms with Crippen LogP contribution >= 0.6 is 23.4 Å². The quantitative estimate of drug-likeness (QED) is 0.408. The topological polar surface area (TPSA) is 83.4 Å². The summed E-state index contributed by atoms with van der Waals surface area (Å²) in [6, 6.07) is 24.6. The average Bonchev–Trinajstić information content (AvgIpc) is 3.50. The molecule has 1 N–H and O–H groups in total. The van der Waals surface area contributed by atoms with Crippen LogP contribution in [0.15, 0.2) is 89.0 Å². The van der Waals surface area contributed by atoms with Crippen LogP contribution in [-0.4, -0.2) is 39.6 Å². The van der Waals surface area contributed by atoms with Gasteiger partial charge in [-0.25, -0.2) is 5.01 Å². The summed E-state index contributed by atoms with van der Waals surface area (Å²) in [6.07, 6.45) is 0.670. The van der Waals surface area contributed by atoms with Crippen molar-refractivity contribution in [2.75, 3.05) is 11.9 Å². The normalized spacial score (nSPS) is 19.0. The second-order valence-electron chi connectivity index (χ2n) is 8.58. The van der Waals surface area contributed by atoms with Gasteiger partial charge in [0.1, 0.15) is 11.0 Å². The third-order valence-electron chi connectivity index (χ3n) is 6.02. The van der Waals surface area contributed by atoms with Crippen LogP contribution in [-0.2, 0) is 9.59 Å². The Morgan fingerprint density at radius 3 is 2.51 bits per heavy atom. The molecule has 0 saturated heterocycles. The highest BCUT2D eigenvalue weighted by Gasteiger charge is 2.39. The van der Waals surface area contributed by atoms with E-state index in [2.05, 4.69) is 10.3 Å². The number of rotatable bonds is 7. The van der Waals surface area contributed by atoms with Gasteiger partial charge < -0.3 is 10.1 Å². The zero-order valence-electron chi connectivity index (χ0n) is 20.1. The third-order valence-corrected chi connectivity index (χ3v) is 7.41. The molecule has 0 bridgehead atoms. The maximum atomic E-state index is 12.8. The smallest absolute Gasteiger partial charge is 0.262 e. The van der Waals surface area contributed by atoms with Crippen LogP contribution in [0.5, 0.6) is 5.75 Å². The second kappa shape index (κ2) is 11.2. The molecule has 0 spiro atoms. The Morgan fingerprint density at radius 2 is 1.81 bits per heavy atom. The Morgan fingerprint density at radius 1 is 1.08 bits per heavy atom. The highest BCUT2D eigenvalue weighted by atomic mass is 35.5. The van der Waals surface area contributed by atoms with Gasteiger partial charge in [-0.1, -0.05) is 65.8 Å². The average molecular weight is 533 g/mol. The van der Waals surface area contributed by atoms with Crippen LogP contribution in [0.25, 0.3) is 0 Å². The van der Waals surface area contributed by atoms with Gasteiger partial charge in [0, 0.05) is 23.6 Å². The number of thioether (sulfide) groups is 1. The SMILES string of the molecule is CCOc1ccc(NC(=O)CC2SC(N3N=C(c4ccc(Cl)cc4)CC3c3ccccc3)=NC2=O)cc1. The van der Waals surface area contributed by atoms with Gasteiger partial charge in [-0.2, -0.15) is 10.1 Å². The lowest BCUT2D eigenvalue weighted by Gasteiger charge is -2.23. The monoisotopic (exact) mass is 532 g/mol. The first kappa shape index (κ1) is 25.0. The minimum atomic E-state index is -0.607. The predicted octanol–water partition coefficient (Wildman–Crippen LogP) is 5.92. The summed E-state index contributed by atoms with van der Waals surface area (Å²) in [5.74, 6) is 0.152. The number of nitrogens with one attached hydrogen (secondary N) is 1. The highest BCUT2D eigenvalue weighted by molar-refractivity contribution is 8.15. The summed E-state index contributed by atoms with van der Waals surface area (Å²) in [5.41, 5.74) is 3.57. The van der Waals surface area contributed by atoms with Crippen molar-refractivity contribution >= 4 is 51.7 Å². The van der Waals surface area contributed by atoms with E-state index >= 15 is 0 Å². The molecule has 188 valence electrons. The van der Waals surface area contributed by atoms with E-state index in [1.54, 1.807) is 24.3 Å². The van der Waals surface area contributed by atoms with Gasteiger partial charge in [0.15, 0.2) is 5.17 Å². The van der Waals surface area contributed by atoms with Crippen molar-refractivity contribution in [1.82, 2.24) is 5.01 Å². The molecule has 9 heteroatoms. The summed E-state index contributed by atoms with van der Waals surface area (Å²) in [5, 5.41) is 10.1.